The number of nitrogens with one attached hydrogen (secondary N) is 1. The minimum absolute atomic E-state index is 0.314. The van der Waals surface area contributed by atoms with Crippen LogP contribution in [0.25, 0.3) is 0 Å². The average Bonchev–Trinajstić information content (AvgIpc) is 2.25. The molecule has 1 rings (SSSR count). The second-order valence-corrected chi connectivity index (χ2v) is 3.97. The summed E-state index contributed by atoms with van der Waals surface area (Å²) in [5.74, 6) is 0.394. The summed E-state index contributed by atoms with van der Waals surface area (Å²) in [6, 6.07) is 0. The van der Waals surface area contributed by atoms with Gasteiger partial charge in [-0.3, -0.25) is 0 Å². The fraction of sp³-hybridized carbons (Fsp3) is 0.545. The number of aromatic nitrogens is 2. The van der Waals surface area contributed by atoms with Crippen LogP contribution in [0.15, 0.2) is 0 Å². The highest BCUT2D eigenvalue weighted by atomic mass is 32.1. The van der Waals surface area contributed by atoms with E-state index in [1.807, 2.05) is 0 Å². The van der Waals surface area contributed by atoms with E-state index in [1.54, 1.807) is 6.92 Å². The zero-order valence-corrected chi connectivity index (χ0v) is 10.6. The summed E-state index contributed by atoms with van der Waals surface area (Å²) in [7, 11) is 1.33. The number of hydrogen-bond acceptors (Lipinski definition) is 4. The van der Waals surface area contributed by atoms with E-state index >= 15 is 0 Å². The normalized spacial score (nSPS) is 10.2. The van der Waals surface area contributed by atoms with Crippen molar-refractivity contribution in [1.29, 1.82) is 0 Å². The number of hydrogen-bond donors (Lipinski definition) is 1. The van der Waals surface area contributed by atoms with E-state index in [0.29, 0.717) is 10.2 Å². The first-order valence-corrected chi connectivity index (χ1v) is 5.69. The zero-order chi connectivity index (χ0) is 12.1. The Bertz CT molecular complexity index is 440. The predicted octanol–water partition coefficient (Wildman–Crippen LogP) is 2.58. The minimum Gasteiger partial charge on any atom is -0.465 e. The molecule has 0 atom stereocenters. The van der Waals surface area contributed by atoms with Gasteiger partial charge in [-0.2, -0.15) is 0 Å². The Morgan fingerprint density at radius 2 is 2.25 bits per heavy atom. The summed E-state index contributed by atoms with van der Waals surface area (Å²) in [6.07, 6.45) is 3.00. The summed E-state index contributed by atoms with van der Waals surface area (Å²) in [5, 5.41) is 0. The highest BCUT2D eigenvalue weighted by molar-refractivity contribution is 7.71. The maximum absolute atomic E-state index is 11.4. The standard InChI is InChI=1S/C11H16N2O2S/c1-4-5-6-8-12-7(2)9(10(16)13-8)11(14)15-3/h4-6H2,1-3H3,(H,12,13,16). The van der Waals surface area contributed by atoms with Gasteiger partial charge in [0.15, 0.2) is 0 Å². The molecule has 0 saturated carbocycles. The number of ether oxygens (including phenoxy) is 1. The van der Waals surface area contributed by atoms with Crippen LogP contribution in [0.1, 0.15) is 41.6 Å². The molecule has 0 bridgehead atoms. The topological polar surface area (TPSA) is 55.0 Å². The van der Waals surface area contributed by atoms with Crippen molar-refractivity contribution >= 4 is 18.2 Å². The van der Waals surface area contributed by atoms with Gasteiger partial charge in [0.2, 0.25) is 0 Å². The van der Waals surface area contributed by atoms with Gasteiger partial charge < -0.3 is 9.72 Å². The first-order chi connectivity index (χ1) is 7.60. The maximum Gasteiger partial charge on any atom is 0.342 e. The van der Waals surface area contributed by atoms with Crippen molar-refractivity contribution in [3.8, 4) is 0 Å². The lowest BCUT2D eigenvalue weighted by atomic mass is 10.2. The molecule has 0 unspecified atom stereocenters. The summed E-state index contributed by atoms with van der Waals surface area (Å²) in [6.45, 7) is 3.92. The first-order valence-electron chi connectivity index (χ1n) is 5.28. The van der Waals surface area contributed by atoms with Crippen molar-refractivity contribution in [2.24, 2.45) is 0 Å². The van der Waals surface area contributed by atoms with E-state index in [2.05, 4.69) is 21.6 Å². The SMILES string of the molecule is CCCCc1nc(=S)c(C(=O)OC)c(C)[nH]1. The summed E-state index contributed by atoms with van der Waals surface area (Å²) >= 11 is 5.09. The smallest absolute Gasteiger partial charge is 0.342 e. The summed E-state index contributed by atoms with van der Waals surface area (Å²) in [5.41, 5.74) is 1.08. The molecule has 0 aliphatic carbocycles. The predicted molar refractivity (Wildman–Crippen MR) is 64.1 cm³/mol. The number of H-pyrrole nitrogens is 1. The molecule has 5 heteroatoms. The molecule has 0 aliphatic heterocycles. The van der Waals surface area contributed by atoms with Crippen molar-refractivity contribution in [3.63, 3.8) is 0 Å². The third-order valence-electron chi connectivity index (χ3n) is 2.31. The maximum atomic E-state index is 11.4. The quantitative estimate of drug-likeness (QED) is 0.649. The van der Waals surface area contributed by atoms with E-state index in [1.165, 1.54) is 7.11 Å². The lowest BCUT2D eigenvalue weighted by molar-refractivity contribution is 0.0598. The Hall–Kier alpha value is -1.23. The molecule has 0 aliphatic rings. The van der Waals surface area contributed by atoms with Gasteiger partial charge in [-0.05, 0) is 13.3 Å². The molecule has 4 nitrogen and oxygen atoms in total. The van der Waals surface area contributed by atoms with Crippen LogP contribution in [0.3, 0.4) is 0 Å². The van der Waals surface area contributed by atoms with E-state index in [4.69, 9.17) is 12.2 Å². The molecule has 0 spiro atoms. The third-order valence-corrected chi connectivity index (χ3v) is 2.61. The van der Waals surface area contributed by atoms with Gasteiger partial charge in [-0.1, -0.05) is 25.6 Å². The van der Waals surface area contributed by atoms with E-state index < -0.39 is 5.97 Å². The molecule has 0 aromatic carbocycles. The van der Waals surface area contributed by atoms with Crippen LogP contribution in [-0.4, -0.2) is 23.0 Å². The number of unbranched alkanes of at least 4 members (excludes halogenated alkanes) is 1. The summed E-state index contributed by atoms with van der Waals surface area (Å²) < 4.78 is 4.97. The fourth-order valence-corrected chi connectivity index (χ4v) is 1.80. The summed E-state index contributed by atoms with van der Waals surface area (Å²) in [4.78, 5) is 18.7. The van der Waals surface area contributed by atoms with Gasteiger partial charge in [0, 0.05) is 12.1 Å². The highest BCUT2D eigenvalue weighted by Crippen LogP contribution is 2.10. The number of carbonyl (C=O) groups excluding carboxylic acids is 1. The molecule has 0 amide bonds. The molecule has 0 saturated heterocycles. The Balaban J connectivity index is 3.08. The van der Waals surface area contributed by atoms with Crippen molar-refractivity contribution in [2.75, 3.05) is 7.11 Å². The van der Waals surface area contributed by atoms with E-state index in [9.17, 15) is 4.79 Å². The Morgan fingerprint density at radius 3 is 2.75 bits per heavy atom. The van der Waals surface area contributed by atoms with Crippen LogP contribution >= 0.6 is 12.2 Å². The molecular formula is C11H16N2O2S. The second kappa shape index (κ2) is 5.75. The van der Waals surface area contributed by atoms with Crippen molar-refractivity contribution in [2.45, 2.75) is 33.1 Å². The number of esters is 1. The fourth-order valence-electron chi connectivity index (χ4n) is 1.45. The van der Waals surface area contributed by atoms with Crippen LogP contribution in [-0.2, 0) is 11.2 Å². The van der Waals surface area contributed by atoms with Gasteiger partial charge in [0.25, 0.3) is 0 Å². The van der Waals surface area contributed by atoms with Crippen molar-refractivity contribution < 1.29 is 9.53 Å². The number of aromatic amines is 1. The molecule has 0 fully saturated rings. The average molecular weight is 240 g/mol. The monoisotopic (exact) mass is 240 g/mol. The highest BCUT2D eigenvalue weighted by Gasteiger charge is 2.13. The Kier molecular flexibility index (Phi) is 4.61. The number of methoxy groups -OCH3 is 1. The zero-order valence-electron chi connectivity index (χ0n) is 9.79. The molecular weight excluding hydrogens is 224 g/mol. The van der Waals surface area contributed by atoms with Crippen LogP contribution in [0, 0.1) is 11.6 Å². The van der Waals surface area contributed by atoms with Crippen LogP contribution in [0.4, 0.5) is 0 Å². The Labute approximate surface area is 100 Å². The molecule has 0 radical (unpaired) electrons. The Morgan fingerprint density at radius 1 is 1.56 bits per heavy atom. The van der Waals surface area contributed by atoms with Crippen LogP contribution < -0.4 is 0 Å². The van der Waals surface area contributed by atoms with Crippen molar-refractivity contribution in [1.82, 2.24) is 9.97 Å². The largest absolute Gasteiger partial charge is 0.465 e. The van der Waals surface area contributed by atoms with E-state index in [0.717, 1.165) is 30.8 Å². The van der Waals surface area contributed by atoms with E-state index in [-0.39, 0.29) is 0 Å². The molecule has 1 heterocycles. The van der Waals surface area contributed by atoms with Crippen LogP contribution in [0.5, 0.6) is 0 Å². The van der Waals surface area contributed by atoms with Gasteiger partial charge in [-0.15, -0.1) is 0 Å². The number of rotatable bonds is 4. The van der Waals surface area contributed by atoms with Gasteiger partial charge in [0.1, 0.15) is 16.0 Å². The number of aryl methyl sites for hydroxylation is 2. The molecule has 88 valence electrons. The van der Waals surface area contributed by atoms with Crippen molar-refractivity contribution in [3.05, 3.63) is 21.7 Å². The third kappa shape index (κ3) is 2.88. The number of carbonyl (C=O) groups is 1. The molecule has 1 aromatic rings. The molecule has 1 N–H and O–H groups in total. The van der Waals surface area contributed by atoms with Gasteiger partial charge in [-0.25, -0.2) is 9.78 Å². The minimum atomic E-state index is -0.437. The van der Waals surface area contributed by atoms with Gasteiger partial charge in [0.05, 0.1) is 7.11 Å². The lowest BCUT2D eigenvalue weighted by Crippen LogP contribution is -2.10. The second-order valence-electron chi connectivity index (χ2n) is 3.58. The first kappa shape index (κ1) is 12.8. The lowest BCUT2D eigenvalue weighted by Gasteiger charge is -2.06. The molecule has 1 aromatic heterocycles. The number of nitrogens with zero attached hydrogens (tertiary/aromatic N) is 1. The molecule has 16 heavy (non-hydrogen) atoms. The van der Waals surface area contributed by atoms with Gasteiger partial charge >= 0.3 is 5.97 Å². The van der Waals surface area contributed by atoms with Crippen LogP contribution in [0.2, 0.25) is 0 Å².